The molecule has 0 aliphatic carbocycles. The van der Waals surface area contributed by atoms with Crippen LogP contribution in [0.4, 0.5) is 0 Å². The van der Waals surface area contributed by atoms with Crippen molar-refractivity contribution in [2.45, 2.75) is 26.3 Å². The van der Waals surface area contributed by atoms with Gasteiger partial charge in [-0.25, -0.2) is 0 Å². The van der Waals surface area contributed by atoms with Gasteiger partial charge in [-0.1, -0.05) is 26.0 Å². The third-order valence-electron chi connectivity index (χ3n) is 2.74. The summed E-state index contributed by atoms with van der Waals surface area (Å²) in [5.74, 6) is 2.32. The normalized spacial score (nSPS) is 10.7. The van der Waals surface area contributed by atoms with E-state index in [9.17, 15) is 0 Å². The fraction of sp³-hybridized carbons (Fsp3) is 0.357. The molecule has 0 N–H and O–H groups in total. The van der Waals surface area contributed by atoms with E-state index in [1.54, 1.807) is 6.07 Å². The van der Waals surface area contributed by atoms with E-state index in [-0.39, 0.29) is 0 Å². The van der Waals surface area contributed by atoms with Gasteiger partial charge in [0.15, 0.2) is 5.82 Å². The quantitative estimate of drug-likeness (QED) is 0.805. The Kier molecular flexibility index (Phi) is 4.18. The summed E-state index contributed by atoms with van der Waals surface area (Å²) < 4.78 is 2.02. The second-order valence-electron chi connectivity index (χ2n) is 4.77. The molecule has 1 aromatic carbocycles. The highest BCUT2D eigenvalue weighted by Gasteiger charge is 2.14. The number of hydrogen-bond donors (Lipinski definition) is 0. The van der Waals surface area contributed by atoms with Crippen LogP contribution in [0.3, 0.4) is 0 Å². The van der Waals surface area contributed by atoms with Crippen molar-refractivity contribution in [2.24, 2.45) is 5.92 Å². The number of aromatic nitrogens is 3. The maximum Gasteiger partial charge on any atom is 0.164 e. The van der Waals surface area contributed by atoms with Crippen LogP contribution in [0.15, 0.2) is 24.3 Å². The Balaban J connectivity index is 2.49. The predicted octanol–water partition coefficient (Wildman–Crippen LogP) is 3.21. The maximum atomic E-state index is 8.96. The first-order chi connectivity index (χ1) is 9.15. The van der Waals surface area contributed by atoms with Crippen molar-refractivity contribution in [2.75, 3.05) is 0 Å². The molecule has 0 amide bonds. The summed E-state index contributed by atoms with van der Waals surface area (Å²) >= 11 is 5.90. The smallest absolute Gasteiger partial charge is 0.164 e. The number of benzene rings is 1. The summed E-state index contributed by atoms with van der Waals surface area (Å²) in [5, 5.41) is 17.3. The average Bonchev–Trinajstić information content (AvgIpc) is 2.81. The Labute approximate surface area is 117 Å². The molecular weight excluding hydrogens is 260 g/mol. The van der Waals surface area contributed by atoms with Crippen molar-refractivity contribution in [3.8, 4) is 17.5 Å². The van der Waals surface area contributed by atoms with Crippen LogP contribution in [0.5, 0.6) is 0 Å². The summed E-state index contributed by atoms with van der Waals surface area (Å²) in [5.41, 5.74) is 1.51. The molecule has 0 unspecified atom stereocenters. The molecule has 2 aromatic rings. The second-order valence-corrected chi connectivity index (χ2v) is 5.04. The van der Waals surface area contributed by atoms with Crippen molar-refractivity contribution < 1.29 is 0 Å². The van der Waals surface area contributed by atoms with Crippen molar-refractivity contribution >= 4 is 11.6 Å². The fourth-order valence-corrected chi connectivity index (χ4v) is 2.13. The number of rotatable bonds is 4. The predicted molar refractivity (Wildman–Crippen MR) is 74.6 cm³/mol. The van der Waals surface area contributed by atoms with E-state index in [0.29, 0.717) is 17.4 Å². The standard InChI is InChI=1S/C14H15ClN4/c1-10(2)9-19-13(7-15)17-18-14(19)12-5-3-4-11(6-12)8-16/h3-6,10H,7,9H2,1-2H3. The van der Waals surface area contributed by atoms with E-state index in [2.05, 4.69) is 30.1 Å². The molecule has 0 aliphatic rings. The molecule has 0 saturated carbocycles. The van der Waals surface area contributed by atoms with E-state index in [4.69, 9.17) is 16.9 Å². The van der Waals surface area contributed by atoms with E-state index >= 15 is 0 Å². The van der Waals surface area contributed by atoms with Gasteiger partial charge in [-0.2, -0.15) is 5.26 Å². The van der Waals surface area contributed by atoms with Gasteiger partial charge in [0.25, 0.3) is 0 Å². The Bertz CT molecular complexity index is 610. The summed E-state index contributed by atoms with van der Waals surface area (Å²) in [4.78, 5) is 0. The largest absolute Gasteiger partial charge is 0.310 e. The molecular formula is C14H15ClN4. The van der Waals surface area contributed by atoms with E-state index in [1.807, 2.05) is 22.8 Å². The Morgan fingerprint density at radius 2 is 2.16 bits per heavy atom. The minimum atomic E-state index is 0.331. The van der Waals surface area contributed by atoms with Crippen LogP contribution in [0, 0.1) is 17.2 Å². The van der Waals surface area contributed by atoms with Crippen molar-refractivity contribution in [3.63, 3.8) is 0 Å². The van der Waals surface area contributed by atoms with E-state index < -0.39 is 0 Å². The summed E-state index contributed by atoms with van der Waals surface area (Å²) in [7, 11) is 0. The minimum Gasteiger partial charge on any atom is -0.310 e. The Morgan fingerprint density at radius 1 is 1.37 bits per heavy atom. The molecule has 98 valence electrons. The Morgan fingerprint density at radius 3 is 2.79 bits per heavy atom. The van der Waals surface area contributed by atoms with Crippen LogP contribution in [-0.2, 0) is 12.4 Å². The van der Waals surface area contributed by atoms with Gasteiger partial charge in [-0.3, -0.25) is 0 Å². The summed E-state index contributed by atoms with van der Waals surface area (Å²) in [6.45, 7) is 5.07. The van der Waals surface area contributed by atoms with Crippen LogP contribution in [0.1, 0.15) is 25.2 Å². The molecule has 0 radical (unpaired) electrons. The SMILES string of the molecule is CC(C)Cn1c(CCl)nnc1-c1cccc(C#N)c1. The zero-order chi connectivity index (χ0) is 13.8. The van der Waals surface area contributed by atoms with Gasteiger partial charge in [0.1, 0.15) is 5.82 Å². The highest BCUT2D eigenvalue weighted by Crippen LogP contribution is 2.21. The van der Waals surface area contributed by atoms with Gasteiger partial charge < -0.3 is 4.57 Å². The highest BCUT2D eigenvalue weighted by atomic mass is 35.5. The molecule has 0 aliphatic heterocycles. The first-order valence-electron chi connectivity index (χ1n) is 6.14. The van der Waals surface area contributed by atoms with Crippen molar-refractivity contribution in [1.82, 2.24) is 14.8 Å². The lowest BCUT2D eigenvalue weighted by Crippen LogP contribution is -2.09. The number of nitrogens with zero attached hydrogens (tertiary/aromatic N) is 4. The lowest BCUT2D eigenvalue weighted by atomic mass is 10.1. The fourth-order valence-electron chi connectivity index (χ4n) is 1.93. The van der Waals surface area contributed by atoms with Gasteiger partial charge in [-0.15, -0.1) is 21.8 Å². The second kappa shape index (κ2) is 5.85. The van der Waals surface area contributed by atoms with Crippen LogP contribution >= 0.6 is 11.6 Å². The molecule has 1 heterocycles. The Hall–Kier alpha value is -1.86. The molecule has 0 bridgehead atoms. The van der Waals surface area contributed by atoms with Crippen LogP contribution < -0.4 is 0 Å². The van der Waals surface area contributed by atoms with Crippen molar-refractivity contribution in [1.29, 1.82) is 5.26 Å². The molecule has 5 heteroatoms. The highest BCUT2D eigenvalue weighted by molar-refractivity contribution is 6.16. The van der Waals surface area contributed by atoms with Gasteiger partial charge in [-0.05, 0) is 18.1 Å². The monoisotopic (exact) mass is 274 g/mol. The first-order valence-corrected chi connectivity index (χ1v) is 6.67. The lowest BCUT2D eigenvalue weighted by Gasteiger charge is -2.11. The first kappa shape index (κ1) is 13.6. The molecule has 2 rings (SSSR count). The van der Waals surface area contributed by atoms with Gasteiger partial charge in [0.05, 0.1) is 17.5 Å². The average molecular weight is 275 g/mol. The minimum absolute atomic E-state index is 0.331. The molecule has 19 heavy (non-hydrogen) atoms. The lowest BCUT2D eigenvalue weighted by molar-refractivity contribution is 0.515. The molecule has 1 aromatic heterocycles. The number of halogens is 1. The van der Waals surface area contributed by atoms with Crippen LogP contribution in [0.2, 0.25) is 0 Å². The van der Waals surface area contributed by atoms with Gasteiger partial charge in [0, 0.05) is 12.1 Å². The number of alkyl halides is 1. The third-order valence-corrected chi connectivity index (χ3v) is 2.98. The summed E-state index contributed by atoms with van der Waals surface area (Å²) in [6.07, 6.45) is 0. The zero-order valence-electron chi connectivity index (χ0n) is 11.0. The van der Waals surface area contributed by atoms with Crippen LogP contribution in [0.25, 0.3) is 11.4 Å². The van der Waals surface area contributed by atoms with Crippen molar-refractivity contribution in [3.05, 3.63) is 35.7 Å². The molecule has 0 atom stereocenters. The third kappa shape index (κ3) is 2.94. The molecule has 0 fully saturated rings. The van der Waals surface area contributed by atoms with Gasteiger partial charge in [0.2, 0.25) is 0 Å². The van der Waals surface area contributed by atoms with E-state index in [1.165, 1.54) is 0 Å². The molecule has 0 spiro atoms. The number of hydrogen-bond acceptors (Lipinski definition) is 3. The number of nitriles is 1. The zero-order valence-corrected chi connectivity index (χ0v) is 11.7. The van der Waals surface area contributed by atoms with Gasteiger partial charge >= 0.3 is 0 Å². The topological polar surface area (TPSA) is 54.5 Å². The maximum absolute atomic E-state index is 8.96. The van der Waals surface area contributed by atoms with Crippen LogP contribution in [-0.4, -0.2) is 14.8 Å². The van der Waals surface area contributed by atoms with E-state index in [0.717, 1.165) is 23.8 Å². The summed E-state index contributed by atoms with van der Waals surface area (Å²) in [6, 6.07) is 9.51. The molecule has 4 nitrogen and oxygen atoms in total. The molecule has 0 saturated heterocycles.